The van der Waals surface area contributed by atoms with E-state index in [1.807, 2.05) is 24.4 Å². The molecule has 0 radical (unpaired) electrons. The number of benzene rings is 1. The van der Waals surface area contributed by atoms with Gasteiger partial charge in [0.05, 0.1) is 37.2 Å². The number of aromatic amines is 1. The number of anilines is 2. The molecule has 1 saturated heterocycles. The molecule has 0 saturated carbocycles. The molecule has 2 aliphatic rings. The van der Waals surface area contributed by atoms with Crippen molar-refractivity contribution in [2.24, 2.45) is 0 Å². The summed E-state index contributed by atoms with van der Waals surface area (Å²) in [6.07, 6.45) is 6.25. The molecular formula is C22H22N8O. The molecule has 3 aromatic heterocycles. The molecule has 0 atom stereocenters. The second-order valence-corrected chi connectivity index (χ2v) is 7.79. The molecule has 9 heteroatoms. The molecule has 0 spiro atoms. The van der Waals surface area contributed by atoms with Gasteiger partial charge in [-0.15, -0.1) is 0 Å². The number of nitrogens with zero attached hydrogens (tertiary/aromatic N) is 7. The second kappa shape index (κ2) is 7.59. The van der Waals surface area contributed by atoms with Crippen molar-refractivity contribution in [3.05, 3.63) is 54.1 Å². The van der Waals surface area contributed by atoms with Gasteiger partial charge >= 0.3 is 0 Å². The van der Waals surface area contributed by atoms with E-state index in [1.165, 1.54) is 5.56 Å². The highest BCUT2D eigenvalue weighted by Gasteiger charge is 2.27. The van der Waals surface area contributed by atoms with Gasteiger partial charge in [-0.25, -0.2) is 19.9 Å². The molecule has 1 N–H and O–H groups in total. The third-order valence-corrected chi connectivity index (χ3v) is 5.89. The molecule has 31 heavy (non-hydrogen) atoms. The topological polar surface area (TPSA) is 96.0 Å². The number of fused-ring (bicyclic) bond motifs is 2. The predicted molar refractivity (Wildman–Crippen MR) is 117 cm³/mol. The van der Waals surface area contributed by atoms with Crippen LogP contribution in [-0.4, -0.2) is 63.0 Å². The zero-order valence-corrected chi connectivity index (χ0v) is 17.0. The van der Waals surface area contributed by atoms with Gasteiger partial charge in [-0.3, -0.25) is 5.10 Å². The van der Waals surface area contributed by atoms with Gasteiger partial charge in [0, 0.05) is 48.5 Å². The Bertz CT molecular complexity index is 1220. The van der Waals surface area contributed by atoms with E-state index < -0.39 is 0 Å². The Morgan fingerprint density at radius 3 is 2.71 bits per heavy atom. The maximum absolute atomic E-state index is 5.57. The highest BCUT2D eigenvalue weighted by molar-refractivity contribution is 5.83. The van der Waals surface area contributed by atoms with Crippen molar-refractivity contribution in [2.45, 2.75) is 13.0 Å². The Kier molecular flexibility index (Phi) is 4.45. The standard InChI is InChI=1S/C22H22N8O/c1-5-23-22(24-6-1)30-7-4-17-19(14-30)26-20(27-21(17)29-8-10-31-11-9-29)15-2-3-18-16(12-15)13-25-28-18/h1-3,5-6,12-13H,4,7-11,14H2,(H,25,28). The number of rotatable bonds is 3. The first-order chi connectivity index (χ1) is 15.3. The van der Waals surface area contributed by atoms with Gasteiger partial charge in [0.1, 0.15) is 5.82 Å². The quantitative estimate of drug-likeness (QED) is 0.545. The van der Waals surface area contributed by atoms with Crippen molar-refractivity contribution in [3.8, 4) is 11.4 Å². The molecule has 6 rings (SSSR count). The zero-order valence-electron chi connectivity index (χ0n) is 17.0. The third kappa shape index (κ3) is 3.36. The van der Waals surface area contributed by atoms with Crippen LogP contribution in [0.15, 0.2) is 42.9 Å². The minimum absolute atomic E-state index is 0.667. The van der Waals surface area contributed by atoms with Gasteiger partial charge in [-0.1, -0.05) is 0 Å². The summed E-state index contributed by atoms with van der Waals surface area (Å²) in [6, 6.07) is 8.00. The Morgan fingerprint density at radius 1 is 0.968 bits per heavy atom. The van der Waals surface area contributed by atoms with Crippen molar-refractivity contribution in [1.82, 2.24) is 30.1 Å². The van der Waals surface area contributed by atoms with Gasteiger partial charge in [0.25, 0.3) is 0 Å². The summed E-state index contributed by atoms with van der Waals surface area (Å²) >= 11 is 0. The van der Waals surface area contributed by atoms with Crippen LogP contribution in [0.2, 0.25) is 0 Å². The average molecular weight is 414 g/mol. The first kappa shape index (κ1) is 18.2. The number of ether oxygens (including phenoxy) is 1. The molecule has 156 valence electrons. The molecule has 0 unspecified atom stereocenters. The first-order valence-corrected chi connectivity index (χ1v) is 10.5. The molecule has 0 bridgehead atoms. The fourth-order valence-corrected chi connectivity index (χ4v) is 4.28. The first-order valence-electron chi connectivity index (χ1n) is 10.5. The van der Waals surface area contributed by atoms with E-state index in [4.69, 9.17) is 14.7 Å². The fraction of sp³-hybridized carbons (Fsp3) is 0.318. The molecule has 4 aromatic rings. The normalized spacial score (nSPS) is 16.5. The number of hydrogen-bond acceptors (Lipinski definition) is 8. The van der Waals surface area contributed by atoms with Crippen LogP contribution < -0.4 is 9.80 Å². The Hall–Kier alpha value is -3.59. The SMILES string of the molecule is c1cnc(N2CCc3c(nc(-c4ccc5[nH]ncc5c4)nc3N3CCOCC3)C2)nc1. The third-order valence-electron chi connectivity index (χ3n) is 5.89. The van der Waals surface area contributed by atoms with Gasteiger partial charge < -0.3 is 14.5 Å². The fourth-order valence-electron chi connectivity index (χ4n) is 4.28. The minimum Gasteiger partial charge on any atom is -0.378 e. The highest BCUT2D eigenvalue weighted by Crippen LogP contribution is 2.31. The summed E-state index contributed by atoms with van der Waals surface area (Å²) in [6.45, 7) is 4.64. The average Bonchev–Trinajstić information content (AvgIpc) is 3.32. The van der Waals surface area contributed by atoms with Crippen molar-refractivity contribution < 1.29 is 4.74 Å². The van der Waals surface area contributed by atoms with Crippen LogP contribution in [-0.2, 0) is 17.7 Å². The number of H-pyrrole nitrogens is 1. The molecule has 2 aliphatic heterocycles. The van der Waals surface area contributed by atoms with Crippen LogP contribution in [0.5, 0.6) is 0 Å². The van der Waals surface area contributed by atoms with Crippen LogP contribution in [0.4, 0.5) is 11.8 Å². The van der Waals surface area contributed by atoms with Gasteiger partial charge in [0.2, 0.25) is 5.95 Å². The number of hydrogen-bond donors (Lipinski definition) is 1. The van der Waals surface area contributed by atoms with Gasteiger partial charge in [-0.2, -0.15) is 5.10 Å². The van der Waals surface area contributed by atoms with Gasteiger partial charge in [0.15, 0.2) is 5.82 Å². The second-order valence-electron chi connectivity index (χ2n) is 7.79. The molecule has 1 fully saturated rings. The van der Waals surface area contributed by atoms with Crippen molar-refractivity contribution >= 4 is 22.7 Å². The lowest BCUT2D eigenvalue weighted by molar-refractivity contribution is 0.122. The monoisotopic (exact) mass is 414 g/mol. The lowest BCUT2D eigenvalue weighted by Crippen LogP contribution is -2.39. The van der Waals surface area contributed by atoms with Crippen molar-refractivity contribution in [3.63, 3.8) is 0 Å². The van der Waals surface area contributed by atoms with Crippen molar-refractivity contribution in [2.75, 3.05) is 42.6 Å². The molecule has 9 nitrogen and oxygen atoms in total. The van der Waals surface area contributed by atoms with Crippen LogP contribution >= 0.6 is 0 Å². The maximum atomic E-state index is 5.57. The van der Waals surface area contributed by atoms with Crippen LogP contribution in [0.3, 0.4) is 0 Å². The van der Waals surface area contributed by atoms with E-state index in [0.29, 0.717) is 6.54 Å². The van der Waals surface area contributed by atoms with Gasteiger partial charge in [-0.05, 0) is 30.7 Å². The van der Waals surface area contributed by atoms with Crippen LogP contribution in [0.25, 0.3) is 22.3 Å². The van der Waals surface area contributed by atoms with Crippen LogP contribution in [0.1, 0.15) is 11.3 Å². The predicted octanol–water partition coefficient (Wildman–Crippen LogP) is 2.21. The lowest BCUT2D eigenvalue weighted by atomic mass is 10.0. The summed E-state index contributed by atoms with van der Waals surface area (Å²) in [7, 11) is 0. The molecule has 0 amide bonds. The Balaban J connectivity index is 1.44. The van der Waals surface area contributed by atoms with Crippen molar-refractivity contribution in [1.29, 1.82) is 0 Å². The summed E-state index contributed by atoms with van der Waals surface area (Å²) in [5.41, 5.74) is 4.25. The van der Waals surface area contributed by atoms with E-state index in [0.717, 1.165) is 79.0 Å². The summed E-state index contributed by atoms with van der Waals surface area (Å²) in [5, 5.41) is 8.18. The van der Waals surface area contributed by atoms with E-state index in [-0.39, 0.29) is 0 Å². The molecule has 0 aliphatic carbocycles. The Labute approximate surface area is 179 Å². The smallest absolute Gasteiger partial charge is 0.225 e. The van der Waals surface area contributed by atoms with E-state index in [2.05, 4.69) is 36.0 Å². The lowest BCUT2D eigenvalue weighted by Gasteiger charge is -2.34. The van der Waals surface area contributed by atoms with Crippen LogP contribution in [0, 0.1) is 0 Å². The Morgan fingerprint density at radius 2 is 1.84 bits per heavy atom. The highest BCUT2D eigenvalue weighted by atomic mass is 16.5. The molecule has 1 aromatic carbocycles. The summed E-state index contributed by atoms with van der Waals surface area (Å²) in [5.74, 6) is 2.50. The zero-order chi connectivity index (χ0) is 20.6. The maximum Gasteiger partial charge on any atom is 0.225 e. The largest absolute Gasteiger partial charge is 0.378 e. The number of nitrogens with one attached hydrogen (secondary N) is 1. The summed E-state index contributed by atoms with van der Waals surface area (Å²) < 4.78 is 5.57. The minimum atomic E-state index is 0.667. The van der Waals surface area contributed by atoms with E-state index >= 15 is 0 Å². The molecular weight excluding hydrogens is 392 g/mol. The number of morpholine rings is 1. The van der Waals surface area contributed by atoms with E-state index in [9.17, 15) is 0 Å². The number of aromatic nitrogens is 6. The summed E-state index contributed by atoms with van der Waals surface area (Å²) in [4.78, 5) is 23.4. The molecule has 5 heterocycles. The van der Waals surface area contributed by atoms with E-state index in [1.54, 1.807) is 12.4 Å².